The second kappa shape index (κ2) is 9.36. The summed E-state index contributed by atoms with van der Waals surface area (Å²) in [5, 5.41) is 9.99. The smallest absolute Gasteiger partial charge is 0.327 e. The van der Waals surface area contributed by atoms with Crippen LogP contribution >= 0.6 is 11.8 Å². The van der Waals surface area contributed by atoms with Crippen LogP contribution in [0.3, 0.4) is 0 Å². The molecule has 2 unspecified atom stereocenters. The molecule has 4 heterocycles. The molecule has 0 radical (unpaired) electrons. The molecule has 1 aromatic heterocycles. The van der Waals surface area contributed by atoms with E-state index in [-0.39, 0.29) is 18.0 Å². The SMILES string of the molecule is O=C(NC1CCCNC1)[C@@H]1Sc2nccc3c2C1NC(=O)N3c1cccc(Cc2ccccc2)c1. The van der Waals surface area contributed by atoms with Crippen LogP contribution in [0.5, 0.6) is 0 Å². The zero-order chi connectivity index (χ0) is 23.8. The number of piperidine rings is 1. The van der Waals surface area contributed by atoms with Crippen LogP contribution in [-0.4, -0.2) is 41.3 Å². The number of nitrogens with zero attached hydrogens (tertiary/aromatic N) is 2. The minimum absolute atomic E-state index is 0.0451. The van der Waals surface area contributed by atoms with Crippen LogP contribution in [0.25, 0.3) is 0 Å². The number of carbonyl (C=O) groups excluding carboxylic acids is 2. The van der Waals surface area contributed by atoms with E-state index in [1.165, 1.54) is 17.3 Å². The molecule has 178 valence electrons. The summed E-state index contributed by atoms with van der Waals surface area (Å²) in [6.45, 7) is 1.77. The Kier molecular flexibility index (Phi) is 5.91. The summed E-state index contributed by atoms with van der Waals surface area (Å²) in [7, 11) is 0. The number of pyridine rings is 1. The van der Waals surface area contributed by atoms with Crippen LogP contribution in [0.2, 0.25) is 0 Å². The number of thioether (sulfide) groups is 1. The van der Waals surface area contributed by atoms with Gasteiger partial charge in [0, 0.05) is 24.3 Å². The van der Waals surface area contributed by atoms with E-state index in [2.05, 4.69) is 45.2 Å². The van der Waals surface area contributed by atoms with Gasteiger partial charge in [-0.15, -0.1) is 0 Å². The van der Waals surface area contributed by atoms with E-state index in [9.17, 15) is 9.59 Å². The van der Waals surface area contributed by atoms with Gasteiger partial charge in [-0.25, -0.2) is 9.78 Å². The van der Waals surface area contributed by atoms with E-state index in [4.69, 9.17) is 0 Å². The molecule has 3 amide bonds. The summed E-state index contributed by atoms with van der Waals surface area (Å²) in [4.78, 5) is 32.9. The summed E-state index contributed by atoms with van der Waals surface area (Å²) in [6.07, 6.45) is 4.53. The normalized spacial score (nSPS) is 22.9. The molecule has 0 spiro atoms. The number of nitrogens with one attached hydrogen (secondary N) is 3. The van der Waals surface area contributed by atoms with E-state index in [0.717, 1.165) is 59.9 Å². The Hall–Kier alpha value is -3.36. The number of anilines is 2. The highest BCUT2D eigenvalue weighted by Crippen LogP contribution is 2.50. The van der Waals surface area contributed by atoms with Crippen LogP contribution in [0.1, 0.15) is 35.6 Å². The third-order valence-electron chi connectivity index (χ3n) is 6.83. The predicted molar refractivity (Wildman–Crippen MR) is 137 cm³/mol. The Labute approximate surface area is 208 Å². The molecule has 35 heavy (non-hydrogen) atoms. The van der Waals surface area contributed by atoms with Crippen molar-refractivity contribution in [3.8, 4) is 0 Å². The van der Waals surface area contributed by atoms with E-state index < -0.39 is 11.3 Å². The van der Waals surface area contributed by atoms with Crippen LogP contribution in [-0.2, 0) is 11.2 Å². The van der Waals surface area contributed by atoms with Crippen molar-refractivity contribution < 1.29 is 9.59 Å². The van der Waals surface area contributed by atoms with Crippen molar-refractivity contribution in [2.24, 2.45) is 0 Å². The zero-order valence-corrected chi connectivity index (χ0v) is 20.1. The standard InChI is InChI=1S/C27H27N5O2S/c33-25(30-19-9-5-12-28-16-19)24-23-22-21(11-13-29-26(22)35-24)32(27(34)31-23)20-10-4-8-18(15-20)14-17-6-2-1-3-7-17/h1-4,6-8,10-11,13,15,19,23-24,28H,5,9,12,14,16H2,(H,30,33)(H,31,34)/t19?,23?,24-/m1/s1. The van der Waals surface area contributed by atoms with Crippen LogP contribution in [0.4, 0.5) is 16.2 Å². The van der Waals surface area contributed by atoms with Crippen LogP contribution in [0.15, 0.2) is 71.9 Å². The number of aromatic nitrogens is 1. The highest BCUT2D eigenvalue weighted by atomic mass is 32.2. The molecule has 1 fully saturated rings. The summed E-state index contributed by atoms with van der Waals surface area (Å²) in [5.41, 5.74) is 4.86. The number of amides is 3. The lowest BCUT2D eigenvalue weighted by Crippen LogP contribution is -2.52. The maximum Gasteiger partial charge on any atom is 0.327 e. The van der Waals surface area contributed by atoms with Crippen molar-refractivity contribution in [1.82, 2.24) is 20.9 Å². The molecule has 7 nitrogen and oxygen atoms in total. The van der Waals surface area contributed by atoms with Gasteiger partial charge in [0.05, 0.1) is 17.4 Å². The molecule has 0 saturated carbocycles. The summed E-state index contributed by atoms with van der Waals surface area (Å²) >= 11 is 1.44. The first-order valence-corrected chi connectivity index (χ1v) is 13.0. The van der Waals surface area contributed by atoms with Crippen LogP contribution < -0.4 is 20.9 Å². The summed E-state index contributed by atoms with van der Waals surface area (Å²) in [5.74, 6) is -0.0451. The van der Waals surface area contributed by atoms with E-state index in [1.54, 1.807) is 11.1 Å². The average molecular weight is 486 g/mol. The molecule has 6 rings (SSSR count). The molecule has 3 atom stereocenters. The lowest BCUT2D eigenvalue weighted by molar-refractivity contribution is -0.121. The molecule has 1 saturated heterocycles. The van der Waals surface area contributed by atoms with Gasteiger partial charge in [0.1, 0.15) is 10.3 Å². The monoisotopic (exact) mass is 485 g/mol. The molecule has 2 aromatic carbocycles. The third kappa shape index (κ3) is 4.28. The van der Waals surface area contributed by atoms with Gasteiger partial charge in [-0.2, -0.15) is 0 Å². The number of rotatable bonds is 5. The Bertz CT molecular complexity index is 1260. The maximum atomic E-state index is 13.4. The van der Waals surface area contributed by atoms with Gasteiger partial charge in [-0.05, 0) is 55.1 Å². The number of urea groups is 1. The Morgan fingerprint density at radius 3 is 2.80 bits per heavy atom. The Morgan fingerprint density at radius 1 is 1.11 bits per heavy atom. The van der Waals surface area contributed by atoms with E-state index in [0.29, 0.717) is 0 Å². The lowest BCUT2D eigenvalue weighted by Gasteiger charge is -2.34. The number of hydrogen-bond acceptors (Lipinski definition) is 5. The lowest BCUT2D eigenvalue weighted by atomic mass is 9.98. The second-order valence-electron chi connectivity index (χ2n) is 9.23. The minimum atomic E-state index is -0.434. The van der Waals surface area contributed by atoms with Gasteiger partial charge in [0.25, 0.3) is 0 Å². The first-order chi connectivity index (χ1) is 17.2. The Morgan fingerprint density at radius 2 is 1.97 bits per heavy atom. The zero-order valence-electron chi connectivity index (χ0n) is 19.2. The van der Waals surface area contributed by atoms with Crippen molar-refractivity contribution in [1.29, 1.82) is 0 Å². The number of benzene rings is 2. The molecule has 0 bridgehead atoms. The molecule has 3 N–H and O–H groups in total. The minimum Gasteiger partial charge on any atom is -0.351 e. The fraction of sp³-hybridized carbons (Fsp3) is 0.296. The van der Waals surface area contributed by atoms with Gasteiger partial charge < -0.3 is 16.0 Å². The molecular formula is C27H27N5O2S. The Balaban J connectivity index is 1.28. The van der Waals surface area contributed by atoms with Crippen molar-refractivity contribution in [2.75, 3.05) is 18.0 Å². The van der Waals surface area contributed by atoms with Crippen molar-refractivity contribution in [2.45, 2.75) is 41.6 Å². The summed E-state index contributed by atoms with van der Waals surface area (Å²) in [6, 6.07) is 19.7. The molecule has 3 aliphatic rings. The average Bonchev–Trinajstić information content (AvgIpc) is 3.25. The fourth-order valence-corrected chi connectivity index (χ4v) is 6.41. The summed E-state index contributed by atoms with van der Waals surface area (Å²) < 4.78 is 0. The maximum absolute atomic E-state index is 13.4. The van der Waals surface area contributed by atoms with Gasteiger partial charge in [-0.3, -0.25) is 9.69 Å². The molecule has 3 aliphatic heterocycles. The van der Waals surface area contributed by atoms with E-state index in [1.807, 2.05) is 36.4 Å². The second-order valence-corrected chi connectivity index (χ2v) is 10.4. The van der Waals surface area contributed by atoms with Gasteiger partial charge in [0.2, 0.25) is 5.91 Å². The van der Waals surface area contributed by atoms with Gasteiger partial charge in [0.15, 0.2) is 0 Å². The highest BCUT2D eigenvalue weighted by molar-refractivity contribution is 8.01. The van der Waals surface area contributed by atoms with E-state index >= 15 is 0 Å². The quantitative estimate of drug-likeness (QED) is 0.510. The molecule has 0 aliphatic carbocycles. The third-order valence-corrected chi connectivity index (χ3v) is 8.12. The molecule has 3 aromatic rings. The molecule has 8 heteroatoms. The van der Waals surface area contributed by atoms with Crippen molar-refractivity contribution in [3.05, 3.63) is 83.6 Å². The number of hydrogen-bond donors (Lipinski definition) is 3. The van der Waals surface area contributed by atoms with Crippen LogP contribution in [0, 0.1) is 0 Å². The first-order valence-electron chi connectivity index (χ1n) is 12.1. The fourth-order valence-electron chi connectivity index (χ4n) is 5.18. The largest absolute Gasteiger partial charge is 0.351 e. The van der Waals surface area contributed by atoms with Crippen molar-refractivity contribution >= 4 is 35.1 Å². The van der Waals surface area contributed by atoms with Gasteiger partial charge in [-0.1, -0.05) is 54.2 Å². The molecular weight excluding hydrogens is 458 g/mol. The first kappa shape index (κ1) is 22.1. The van der Waals surface area contributed by atoms with Gasteiger partial charge >= 0.3 is 6.03 Å². The van der Waals surface area contributed by atoms with Crippen molar-refractivity contribution in [3.63, 3.8) is 0 Å². The number of carbonyl (C=O) groups is 2. The predicted octanol–water partition coefficient (Wildman–Crippen LogP) is 3.92. The topological polar surface area (TPSA) is 86.4 Å². The highest BCUT2D eigenvalue weighted by Gasteiger charge is 2.46.